The lowest BCUT2D eigenvalue weighted by Crippen LogP contribution is -2.19. The number of carboxylic acid groups (broad SMARTS) is 1. The molecule has 0 aromatic carbocycles. The fourth-order valence-corrected chi connectivity index (χ4v) is 0.219. The third-order valence-electron chi connectivity index (χ3n) is 0.670. The molecule has 0 bridgehead atoms. The first-order valence-electron chi connectivity index (χ1n) is 2.55. The van der Waals surface area contributed by atoms with Crippen LogP contribution in [0.3, 0.4) is 0 Å². The molecule has 0 atom stereocenters. The molecule has 0 radical (unpaired) electrons. The summed E-state index contributed by atoms with van der Waals surface area (Å²) in [5, 5.41) is 7.90. The third-order valence-corrected chi connectivity index (χ3v) is 0.670. The van der Waals surface area contributed by atoms with E-state index in [2.05, 4.69) is 4.74 Å². The molecule has 0 fully saturated rings. The summed E-state index contributed by atoms with van der Waals surface area (Å²) in [7, 11) is 0. The second-order valence-corrected chi connectivity index (χ2v) is 1.42. The molecular formula is C5H6O5. The van der Waals surface area contributed by atoms with Gasteiger partial charge < -0.3 is 9.84 Å². The van der Waals surface area contributed by atoms with Gasteiger partial charge in [0.25, 0.3) is 0 Å². The Morgan fingerprint density at radius 1 is 1.40 bits per heavy atom. The highest BCUT2D eigenvalue weighted by molar-refractivity contribution is 6.30. The van der Waals surface area contributed by atoms with E-state index in [1.54, 1.807) is 0 Å². The first-order chi connectivity index (χ1) is 4.57. The van der Waals surface area contributed by atoms with Crippen molar-refractivity contribution in [2.45, 2.75) is 13.3 Å². The monoisotopic (exact) mass is 146 g/mol. The predicted octanol–water partition coefficient (Wildman–Crippen LogP) is -0.449. The average Bonchev–Trinajstić information content (AvgIpc) is 1.87. The van der Waals surface area contributed by atoms with Gasteiger partial charge in [-0.3, -0.25) is 4.79 Å². The fourth-order valence-electron chi connectivity index (χ4n) is 0.219. The van der Waals surface area contributed by atoms with Crippen LogP contribution >= 0.6 is 0 Å². The minimum atomic E-state index is -1.76. The number of carboxylic acids is 1. The summed E-state index contributed by atoms with van der Waals surface area (Å²) in [4.78, 5) is 30.0. The highest BCUT2D eigenvalue weighted by Crippen LogP contribution is 1.84. The Morgan fingerprint density at radius 2 is 1.90 bits per heavy atom. The van der Waals surface area contributed by atoms with Gasteiger partial charge in [-0.15, -0.1) is 0 Å². The number of rotatable bonds is 1. The Labute approximate surface area is 56.6 Å². The predicted molar refractivity (Wildman–Crippen MR) is 29.0 cm³/mol. The second-order valence-electron chi connectivity index (χ2n) is 1.42. The van der Waals surface area contributed by atoms with Crippen molar-refractivity contribution in [3.63, 3.8) is 0 Å². The lowest BCUT2D eigenvalue weighted by Gasteiger charge is -1.93. The highest BCUT2D eigenvalue weighted by Gasteiger charge is 2.15. The van der Waals surface area contributed by atoms with Gasteiger partial charge >= 0.3 is 17.9 Å². The summed E-state index contributed by atoms with van der Waals surface area (Å²) >= 11 is 0. The van der Waals surface area contributed by atoms with Crippen molar-refractivity contribution in [2.75, 3.05) is 0 Å². The van der Waals surface area contributed by atoms with E-state index in [1.165, 1.54) is 6.92 Å². The number of ether oxygens (including phenoxy) is 1. The zero-order chi connectivity index (χ0) is 8.15. The number of carbonyl (C=O) groups excluding carboxylic acids is 2. The normalized spacial score (nSPS) is 8.50. The topological polar surface area (TPSA) is 80.7 Å². The molecule has 0 heterocycles. The van der Waals surface area contributed by atoms with Crippen molar-refractivity contribution in [1.82, 2.24) is 0 Å². The summed E-state index contributed by atoms with van der Waals surface area (Å²) in [6, 6.07) is 0. The van der Waals surface area contributed by atoms with E-state index in [-0.39, 0.29) is 6.42 Å². The van der Waals surface area contributed by atoms with Gasteiger partial charge in [0.05, 0.1) is 0 Å². The van der Waals surface area contributed by atoms with E-state index < -0.39 is 17.9 Å². The number of esters is 2. The van der Waals surface area contributed by atoms with E-state index in [1.807, 2.05) is 0 Å². The molecule has 0 unspecified atom stereocenters. The number of hydrogen-bond donors (Lipinski definition) is 1. The molecule has 0 rings (SSSR count). The summed E-state index contributed by atoms with van der Waals surface area (Å²) < 4.78 is 3.78. The van der Waals surface area contributed by atoms with Crippen molar-refractivity contribution >= 4 is 17.9 Å². The average molecular weight is 146 g/mol. The SMILES string of the molecule is CCC(=O)OC(=O)C(=O)O. The molecule has 56 valence electrons. The van der Waals surface area contributed by atoms with Crippen LogP contribution in [0.5, 0.6) is 0 Å². The zero-order valence-electron chi connectivity index (χ0n) is 5.29. The van der Waals surface area contributed by atoms with Crippen molar-refractivity contribution in [1.29, 1.82) is 0 Å². The van der Waals surface area contributed by atoms with Crippen LogP contribution in [0.4, 0.5) is 0 Å². The third kappa shape index (κ3) is 2.81. The van der Waals surface area contributed by atoms with Gasteiger partial charge in [-0.25, -0.2) is 9.59 Å². The van der Waals surface area contributed by atoms with Gasteiger partial charge in [0.2, 0.25) is 0 Å². The van der Waals surface area contributed by atoms with Crippen LogP contribution in [0.1, 0.15) is 13.3 Å². The molecule has 0 aliphatic heterocycles. The molecule has 0 saturated heterocycles. The maximum Gasteiger partial charge on any atom is 0.424 e. The Hall–Kier alpha value is -1.39. The number of aliphatic carboxylic acids is 1. The Balaban J connectivity index is 3.80. The van der Waals surface area contributed by atoms with Gasteiger partial charge in [0, 0.05) is 6.42 Å². The minimum absolute atomic E-state index is 0.0149. The summed E-state index contributed by atoms with van der Waals surface area (Å²) in [5.41, 5.74) is 0. The van der Waals surface area contributed by atoms with Gasteiger partial charge in [-0.2, -0.15) is 0 Å². The zero-order valence-corrected chi connectivity index (χ0v) is 5.29. The van der Waals surface area contributed by atoms with Gasteiger partial charge in [-0.1, -0.05) is 6.92 Å². The first-order valence-corrected chi connectivity index (χ1v) is 2.55. The van der Waals surface area contributed by atoms with Crippen molar-refractivity contribution in [2.24, 2.45) is 0 Å². The van der Waals surface area contributed by atoms with Crippen molar-refractivity contribution in [3.05, 3.63) is 0 Å². The van der Waals surface area contributed by atoms with Gasteiger partial charge in [-0.05, 0) is 0 Å². The smallest absolute Gasteiger partial charge is 0.424 e. The quantitative estimate of drug-likeness (QED) is 0.308. The standard InChI is InChI=1S/C5H6O5/c1-2-3(6)10-5(9)4(7)8/h2H2,1H3,(H,7,8). The van der Waals surface area contributed by atoms with Crippen molar-refractivity contribution < 1.29 is 24.2 Å². The van der Waals surface area contributed by atoms with Crippen LogP contribution in [0, 0.1) is 0 Å². The second kappa shape index (κ2) is 3.60. The maximum atomic E-state index is 10.2. The van der Waals surface area contributed by atoms with E-state index >= 15 is 0 Å². The van der Waals surface area contributed by atoms with Gasteiger partial charge in [0.1, 0.15) is 0 Å². The molecule has 10 heavy (non-hydrogen) atoms. The Kier molecular flexibility index (Phi) is 3.10. The van der Waals surface area contributed by atoms with E-state index in [0.717, 1.165) is 0 Å². The first kappa shape index (κ1) is 8.61. The summed E-state index contributed by atoms with van der Waals surface area (Å²) in [6.45, 7) is 1.46. The molecule has 1 N–H and O–H groups in total. The van der Waals surface area contributed by atoms with Crippen LogP contribution < -0.4 is 0 Å². The van der Waals surface area contributed by atoms with Crippen molar-refractivity contribution in [3.8, 4) is 0 Å². The number of carbonyl (C=O) groups is 3. The van der Waals surface area contributed by atoms with Crippen LogP contribution in [0.15, 0.2) is 0 Å². The molecule has 0 amide bonds. The highest BCUT2D eigenvalue weighted by atomic mass is 16.6. The van der Waals surface area contributed by atoms with Crippen LogP contribution in [-0.4, -0.2) is 23.0 Å². The van der Waals surface area contributed by atoms with Gasteiger partial charge in [0.15, 0.2) is 0 Å². The largest absolute Gasteiger partial charge is 0.473 e. The minimum Gasteiger partial charge on any atom is -0.473 e. The Morgan fingerprint density at radius 3 is 2.20 bits per heavy atom. The van der Waals surface area contributed by atoms with Crippen LogP contribution in [0.25, 0.3) is 0 Å². The molecule has 0 aromatic heterocycles. The Bertz CT molecular complexity index is 171. The van der Waals surface area contributed by atoms with E-state index in [9.17, 15) is 14.4 Å². The fraction of sp³-hybridized carbons (Fsp3) is 0.400. The molecule has 0 aliphatic rings. The molecule has 5 heteroatoms. The molecule has 5 nitrogen and oxygen atoms in total. The summed E-state index contributed by atoms with van der Waals surface area (Å²) in [6.07, 6.45) is -0.0149. The number of hydrogen-bond acceptors (Lipinski definition) is 4. The summed E-state index contributed by atoms with van der Waals surface area (Å²) in [5.74, 6) is -4.14. The van der Waals surface area contributed by atoms with E-state index in [0.29, 0.717) is 0 Å². The maximum absolute atomic E-state index is 10.2. The molecule has 0 aromatic rings. The molecule has 0 saturated carbocycles. The van der Waals surface area contributed by atoms with Crippen LogP contribution in [0.2, 0.25) is 0 Å². The molecule has 0 aliphatic carbocycles. The van der Waals surface area contributed by atoms with E-state index in [4.69, 9.17) is 5.11 Å². The lowest BCUT2D eigenvalue weighted by molar-refractivity contribution is -0.170. The lowest BCUT2D eigenvalue weighted by atomic mass is 10.5. The molecular weight excluding hydrogens is 140 g/mol. The van der Waals surface area contributed by atoms with Crippen LogP contribution in [-0.2, 0) is 19.1 Å². The molecule has 0 spiro atoms.